The molecule has 0 aliphatic heterocycles. The number of carbonyl (C=O) groups is 1. The molecule has 1 N–H and O–H groups in total. The van der Waals surface area contributed by atoms with Gasteiger partial charge in [0.2, 0.25) is 5.91 Å². The van der Waals surface area contributed by atoms with Gasteiger partial charge in [0, 0.05) is 26.6 Å². The maximum absolute atomic E-state index is 11.9. The number of carbonyl (C=O) groups excluding carboxylic acids is 1. The molecule has 116 valence electrons. The third-order valence-corrected chi connectivity index (χ3v) is 3.60. The van der Waals surface area contributed by atoms with Gasteiger partial charge in [-0.05, 0) is 12.8 Å². The number of aryl methyl sites for hydroxylation is 3. The molecule has 2 aromatic rings. The summed E-state index contributed by atoms with van der Waals surface area (Å²) in [6.07, 6.45) is 0.409. The largest absolute Gasteiger partial charge is 0.356 e. The fourth-order valence-electron chi connectivity index (χ4n) is 2.34. The van der Waals surface area contributed by atoms with Crippen LogP contribution in [0.15, 0.2) is 0 Å². The van der Waals surface area contributed by atoms with Crippen molar-refractivity contribution >= 4 is 28.7 Å². The van der Waals surface area contributed by atoms with E-state index in [4.69, 9.17) is 11.6 Å². The molecule has 2 aromatic heterocycles. The Balaban J connectivity index is 2.15. The molecular weight excluding hydrogens is 290 g/mol. The highest BCUT2D eigenvalue weighted by Gasteiger charge is 2.17. The molecule has 0 bridgehead atoms. The number of amides is 1. The van der Waals surface area contributed by atoms with Gasteiger partial charge in [0.05, 0.1) is 11.6 Å². The smallest absolute Gasteiger partial charge is 0.221 e. The lowest BCUT2D eigenvalue weighted by Crippen LogP contribution is -2.28. The van der Waals surface area contributed by atoms with Gasteiger partial charge < -0.3 is 9.88 Å². The molecule has 7 heteroatoms. The minimum absolute atomic E-state index is 0.0463. The molecule has 1 amide bonds. The first-order chi connectivity index (χ1) is 9.93. The summed E-state index contributed by atoms with van der Waals surface area (Å²) in [7, 11) is 1.88. The van der Waals surface area contributed by atoms with Crippen LogP contribution in [0.5, 0.6) is 0 Å². The van der Waals surface area contributed by atoms with Crippen LogP contribution in [0, 0.1) is 12.8 Å². The molecule has 0 fully saturated rings. The number of hydrogen-bond donors (Lipinski definition) is 1. The summed E-state index contributed by atoms with van der Waals surface area (Å²) in [5.74, 6) is 1.60. The van der Waals surface area contributed by atoms with Gasteiger partial charge in [-0.15, -0.1) is 11.6 Å². The van der Waals surface area contributed by atoms with Gasteiger partial charge in [-0.1, -0.05) is 13.8 Å². The molecule has 0 unspecified atom stereocenters. The molecule has 0 atom stereocenters. The summed E-state index contributed by atoms with van der Waals surface area (Å²) in [4.78, 5) is 16.4. The van der Waals surface area contributed by atoms with Gasteiger partial charge >= 0.3 is 0 Å². The molecule has 2 rings (SSSR count). The summed E-state index contributed by atoms with van der Waals surface area (Å²) < 4.78 is 3.77. The summed E-state index contributed by atoms with van der Waals surface area (Å²) in [6, 6.07) is 0. The summed E-state index contributed by atoms with van der Waals surface area (Å²) in [5.41, 5.74) is 2.65. The van der Waals surface area contributed by atoms with Crippen molar-refractivity contribution in [2.75, 3.05) is 6.54 Å². The van der Waals surface area contributed by atoms with Gasteiger partial charge in [-0.25, -0.2) is 4.98 Å². The van der Waals surface area contributed by atoms with E-state index in [0.717, 1.165) is 22.7 Å². The Bertz CT molecular complexity index is 643. The van der Waals surface area contributed by atoms with Gasteiger partial charge in [0.15, 0.2) is 5.65 Å². The van der Waals surface area contributed by atoms with Gasteiger partial charge in [0.1, 0.15) is 11.3 Å². The van der Waals surface area contributed by atoms with Crippen LogP contribution in [0.1, 0.15) is 31.8 Å². The van der Waals surface area contributed by atoms with Crippen LogP contribution in [-0.4, -0.2) is 31.8 Å². The summed E-state index contributed by atoms with van der Waals surface area (Å²) in [6.45, 7) is 7.33. The lowest BCUT2D eigenvalue weighted by molar-refractivity contribution is -0.121. The Kier molecular flexibility index (Phi) is 4.88. The number of halogens is 1. The quantitative estimate of drug-likeness (QED) is 0.830. The van der Waals surface area contributed by atoms with Crippen LogP contribution in [-0.2, 0) is 24.3 Å². The Morgan fingerprint density at radius 2 is 2.14 bits per heavy atom. The number of hydrogen-bond acceptors (Lipinski definition) is 3. The number of imidazole rings is 1. The number of rotatable bonds is 6. The second-order valence-corrected chi connectivity index (χ2v) is 5.91. The van der Waals surface area contributed by atoms with Crippen molar-refractivity contribution in [3.63, 3.8) is 0 Å². The highest BCUT2D eigenvalue weighted by Crippen LogP contribution is 2.20. The van der Waals surface area contributed by atoms with E-state index in [1.807, 2.05) is 18.5 Å². The highest BCUT2D eigenvalue weighted by molar-refractivity contribution is 6.16. The highest BCUT2D eigenvalue weighted by atomic mass is 35.5. The average molecular weight is 312 g/mol. The first-order valence-electron chi connectivity index (χ1n) is 7.15. The predicted octanol–water partition coefficient (Wildman–Crippen LogP) is 1.98. The fraction of sp³-hybridized carbons (Fsp3) is 0.643. The van der Waals surface area contributed by atoms with Crippen molar-refractivity contribution < 1.29 is 4.79 Å². The molecule has 0 aromatic carbocycles. The van der Waals surface area contributed by atoms with Crippen LogP contribution in [0.2, 0.25) is 0 Å². The lowest BCUT2D eigenvalue weighted by atomic mass is 10.2. The Morgan fingerprint density at radius 3 is 2.76 bits per heavy atom. The molecule has 0 saturated carbocycles. The van der Waals surface area contributed by atoms with E-state index in [0.29, 0.717) is 31.3 Å². The van der Waals surface area contributed by atoms with Crippen LogP contribution < -0.4 is 5.32 Å². The van der Waals surface area contributed by atoms with Gasteiger partial charge in [0.25, 0.3) is 0 Å². The normalized spacial score (nSPS) is 11.5. The lowest BCUT2D eigenvalue weighted by Gasteiger charge is -2.10. The Labute approximate surface area is 129 Å². The summed E-state index contributed by atoms with van der Waals surface area (Å²) in [5, 5.41) is 7.28. The SMILES string of the molecule is Cc1nn(C)c2c1nc(CCl)n2CCC(=O)NCC(C)C. The van der Waals surface area contributed by atoms with E-state index >= 15 is 0 Å². The van der Waals surface area contributed by atoms with Crippen molar-refractivity contribution in [2.24, 2.45) is 13.0 Å². The van der Waals surface area contributed by atoms with Crippen LogP contribution >= 0.6 is 11.6 Å². The zero-order valence-corrected chi connectivity index (χ0v) is 13.7. The maximum Gasteiger partial charge on any atom is 0.221 e. The van der Waals surface area contributed by atoms with Crippen molar-refractivity contribution in [1.29, 1.82) is 0 Å². The average Bonchev–Trinajstić information content (AvgIpc) is 2.93. The second-order valence-electron chi connectivity index (χ2n) is 5.64. The van der Waals surface area contributed by atoms with E-state index in [1.165, 1.54) is 0 Å². The molecule has 0 radical (unpaired) electrons. The standard InChI is InChI=1S/C14H22ClN5O/c1-9(2)8-16-12(21)5-6-20-11(7-15)17-13-10(3)18-19(4)14(13)20/h9H,5-8H2,1-4H3,(H,16,21). The molecule has 21 heavy (non-hydrogen) atoms. The third kappa shape index (κ3) is 3.37. The maximum atomic E-state index is 11.9. The predicted molar refractivity (Wildman–Crippen MR) is 83.3 cm³/mol. The number of nitrogens with zero attached hydrogens (tertiary/aromatic N) is 4. The molecular formula is C14H22ClN5O. The van der Waals surface area contributed by atoms with Crippen molar-refractivity contribution in [3.8, 4) is 0 Å². The van der Waals surface area contributed by atoms with Gasteiger partial charge in [-0.3, -0.25) is 9.48 Å². The van der Waals surface area contributed by atoms with E-state index < -0.39 is 0 Å². The van der Waals surface area contributed by atoms with Gasteiger partial charge in [-0.2, -0.15) is 5.10 Å². The third-order valence-electron chi connectivity index (χ3n) is 3.36. The van der Waals surface area contributed by atoms with Crippen molar-refractivity contribution in [1.82, 2.24) is 24.6 Å². The second kappa shape index (κ2) is 6.47. The zero-order valence-electron chi connectivity index (χ0n) is 13.0. The fourth-order valence-corrected chi connectivity index (χ4v) is 2.54. The van der Waals surface area contributed by atoms with E-state index in [-0.39, 0.29) is 5.91 Å². The zero-order chi connectivity index (χ0) is 15.6. The molecule has 0 aliphatic rings. The molecule has 2 heterocycles. The monoisotopic (exact) mass is 311 g/mol. The summed E-state index contributed by atoms with van der Waals surface area (Å²) >= 11 is 5.97. The van der Waals surface area contributed by atoms with Crippen LogP contribution in [0.25, 0.3) is 11.2 Å². The molecule has 0 spiro atoms. The number of alkyl halides is 1. The first-order valence-corrected chi connectivity index (χ1v) is 7.68. The van der Waals surface area contributed by atoms with Crippen LogP contribution in [0.3, 0.4) is 0 Å². The Hall–Kier alpha value is -1.56. The van der Waals surface area contributed by atoms with E-state index in [9.17, 15) is 4.79 Å². The first kappa shape index (κ1) is 15.8. The minimum atomic E-state index is 0.0463. The topological polar surface area (TPSA) is 64.7 Å². The number of aromatic nitrogens is 4. The van der Waals surface area contributed by atoms with Crippen molar-refractivity contribution in [3.05, 3.63) is 11.5 Å². The van der Waals surface area contributed by atoms with E-state index in [1.54, 1.807) is 4.68 Å². The number of fused-ring (bicyclic) bond motifs is 1. The van der Waals surface area contributed by atoms with Crippen LogP contribution in [0.4, 0.5) is 0 Å². The Morgan fingerprint density at radius 1 is 1.43 bits per heavy atom. The van der Waals surface area contributed by atoms with E-state index in [2.05, 4.69) is 29.2 Å². The van der Waals surface area contributed by atoms with Crippen molar-refractivity contribution in [2.45, 2.75) is 39.6 Å². The molecule has 0 aliphatic carbocycles. The molecule has 6 nitrogen and oxygen atoms in total. The number of nitrogens with one attached hydrogen (secondary N) is 1. The minimum Gasteiger partial charge on any atom is -0.356 e. The molecule has 0 saturated heterocycles.